The number of halogens is 1. The number of hydrogen-bond acceptors (Lipinski definition) is 2. The molecule has 22 heavy (non-hydrogen) atoms. The van der Waals surface area contributed by atoms with E-state index < -0.39 is 0 Å². The molecule has 0 saturated heterocycles. The Morgan fingerprint density at radius 1 is 1.45 bits per heavy atom. The summed E-state index contributed by atoms with van der Waals surface area (Å²) in [4.78, 5) is 25.1. The largest absolute Gasteiger partial charge is 0.349 e. The number of rotatable bonds is 4. The van der Waals surface area contributed by atoms with E-state index in [1.807, 2.05) is 23.6 Å². The van der Waals surface area contributed by atoms with Crippen LogP contribution in [0.25, 0.3) is 10.9 Å². The van der Waals surface area contributed by atoms with Crippen molar-refractivity contribution in [3.63, 3.8) is 0 Å². The lowest BCUT2D eigenvalue weighted by molar-refractivity contribution is 0.0936. The van der Waals surface area contributed by atoms with E-state index in [0.717, 1.165) is 41.4 Å². The predicted molar refractivity (Wildman–Crippen MR) is 91.4 cm³/mol. The number of nitrogens with one attached hydrogen (secondary N) is 1. The van der Waals surface area contributed by atoms with Crippen molar-refractivity contribution in [3.8, 4) is 0 Å². The molecule has 1 amide bonds. The number of aromatic nitrogens is 1. The number of nitrogens with zero attached hydrogens (tertiary/aromatic N) is 1. The highest BCUT2D eigenvalue weighted by atomic mass is 79.9. The summed E-state index contributed by atoms with van der Waals surface area (Å²) in [6.45, 7) is 4.86. The van der Waals surface area contributed by atoms with Crippen molar-refractivity contribution in [2.75, 3.05) is 0 Å². The van der Waals surface area contributed by atoms with Crippen LogP contribution in [0.5, 0.6) is 0 Å². The van der Waals surface area contributed by atoms with E-state index in [-0.39, 0.29) is 22.9 Å². The molecule has 1 aliphatic heterocycles. The molecule has 2 aromatic rings. The van der Waals surface area contributed by atoms with E-state index in [1.54, 1.807) is 6.20 Å². The number of carbonyl (C=O) groups is 1. The maximum atomic E-state index is 12.7. The van der Waals surface area contributed by atoms with Gasteiger partial charge in [0.25, 0.3) is 5.91 Å². The van der Waals surface area contributed by atoms with Crippen LogP contribution < -0.4 is 10.7 Å². The highest BCUT2D eigenvalue weighted by Crippen LogP contribution is 2.28. The quantitative estimate of drug-likeness (QED) is 0.907. The van der Waals surface area contributed by atoms with Crippen molar-refractivity contribution in [3.05, 3.63) is 44.2 Å². The van der Waals surface area contributed by atoms with Gasteiger partial charge in [0.05, 0.1) is 5.52 Å². The lowest BCUT2D eigenvalue weighted by Crippen LogP contribution is -2.35. The van der Waals surface area contributed by atoms with Crippen LogP contribution in [0.2, 0.25) is 0 Å². The summed E-state index contributed by atoms with van der Waals surface area (Å²) in [5.74, 6) is -0.273. The Bertz CT molecular complexity index is 810. The van der Waals surface area contributed by atoms with Crippen LogP contribution in [-0.4, -0.2) is 16.5 Å². The highest BCUT2D eigenvalue weighted by Gasteiger charge is 2.21. The topological polar surface area (TPSA) is 51.1 Å². The first kappa shape index (κ1) is 15.3. The molecule has 0 fully saturated rings. The molecule has 0 bridgehead atoms. The first-order valence-electron chi connectivity index (χ1n) is 7.67. The average molecular weight is 363 g/mol. The molecule has 116 valence electrons. The van der Waals surface area contributed by atoms with E-state index >= 15 is 0 Å². The standard InChI is InChI=1S/C17H19BrN2O2/c1-3-4-10(2)19-17(22)14-9-20-6-5-11-7-12(18)8-13(15(11)20)16(14)21/h7-10H,3-6H2,1-2H3,(H,19,22)/t10-/m1/s1. The molecule has 0 spiro atoms. The van der Waals surface area contributed by atoms with Crippen molar-refractivity contribution in [2.24, 2.45) is 0 Å². The summed E-state index contributed by atoms with van der Waals surface area (Å²) in [7, 11) is 0. The number of benzene rings is 1. The summed E-state index contributed by atoms with van der Waals surface area (Å²) in [5, 5.41) is 3.54. The molecule has 3 rings (SSSR count). The summed E-state index contributed by atoms with van der Waals surface area (Å²) in [6.07, 6.45) is 4.51. The first-order chi connectivity index (χ1) is 10.5. The number of carbonyl (C=O) groups excluding carboxylic acids is 1. The zero-order valence-corrected chi connectivity index (χ0v) is 14.4. The zero-order chi connectivity index (χ0) is 15.9. The van der Waals surface area contributed by atoms with Gasteiger partial charge in [0.15, 0.2) is 0 Å². The minimum atomic E-state index is -0.273. The van der Waals surface area contributed by atoms with Gasteiger partial charge in [-0.2, -0.15) is 0 Å². The second-order valence-corrected chi connectivity index (χ2v) is 6.86. The average Bonchev–Trinajstić information content (AvgIpc) is 2.85. The predicted octanol–water partition coefficient (Wildman–Crippen LogP) is 3.24. The van der Waals surface area contributed by atoms with Gasteiger partial charge < -0.3 is 9.88 Å². The van der Waals surface area contributed by atoms with E-state index in [0.29, 0.717) is 5.39 Å². The maximum Gasteiger partial charge on any atom is 0.256 e. The van der Waals surface area contributed by atoms with Gasteiger partial charge in [-0.25, -0.2) is 0 Å². The summed E-state index contributed by atoms with van der Waals surface area (Å²) >= 11 is 3.46. The Morgan fingerprint density at radius 2 is 2.23 bits per heavy atom. The van der Waals surface area contributed by atoms with Crippen LogP contribution in [0.15, 0.2) is 27.6 Å². The fourth-order valence-corrected chi connectivity index (χ4v) is 3.67. The second-order valence-electron chi connectivity index (χ2n) is 5.94. The Balaban J connectivity index is 2.08. The molecule has 0 aliphatic carbocycles. The first-order valence-corrected chi connectivity index (χ1v) is 8.47. The highest BCUT2D eigenvalue weighted by molar-refractivity contribution is 9.10. The SMILES string of the molecule is CCC[C@@H](C)NC(=O)c1cn2c3c(cc(Br)cc3c1=O)CC2. The smallest absolute Gasteiger partial charge is 0.256 e. The number of pyridine rings is 1. The fraction of sp³-hybridized carbons (Fsp3) is 0.412. The summed E-state index contributed by atoms with van der Waals surface area (Å²) in [6, 6.07) is 3.94. The van der Waals surface area contributed by atoms with Crippen LogP contribution in [0.4, 0.5) is 0 Å². The normalized spacial score (nSPS) is 14.3. The molecule has 1 N–H and O–H groups in total. The van der Waals surface area contributed by atoms with Crippen molar-refractivity contribution in [2.45, 2.75) is 45.7 Å². The lowest BCUT2D eigenvalue weighted by atomic mass is 10.1. The van der Waals surface area contributed by atoms with E-state index in [1.165, 1.54) is 0 Å². The molecule has 2 heterocycles. The Labute approximate surface area is 137 Å². The molecule has 1 aliphatic rings. The van der Waals surface area contributed by atoms with E-state index in [4.69, 9.17) is 0 Å². The van der Waals surface area contributed by atoms with Crippen molar-refractivity contribution in [1.82, 2.24) is 9.88 Å². The monoisotopic (exact) mass is 362 g/mol. The fourth-order valence-electron chi connectivity index (χ4n) is 3.17. The molecule has 1 atom stereocenters. The van der Waals surface area contributed by atoms with Gasteiger partial charge in [0, 0.05) is 28.6 Å². The molecular weight excluding hydrogens is 344 g/mol. The van der Waals surface area contributed by atoms with Crippen molar-refractivity contribution < 1.29 is 4.79 Å². The van der Waals surface area contributed by atoms with Gasteiger partial charge in [-0.15, -0.1) is 0 Å². The number of aryl methyl sites for hydroxylation is 2. The molecular formula is C17H19BrN2O2. The molecule has 0 saturated carbocycles. The van der Waals surface area contributed by atoms with Crippen molar-refractivity contribution >= 4 is 32.7 Å². The molecule has 0 radical (unpaired) electrons. The van der Waals surface area contributed by atoms with Gasteiger partial charge in [0.2, 0.25) is 5.43 Å². The van der Waals surface area contributed by atoms with Gasteiger partial charge in [-0.3, -0.25) is 9.59 Å². The third-order valence-electron chi connectivity index (χ3n) is 4.18. The number of amides is 1. The zero-order valence-electron chi connectivity index (χ0n) is 12.8. The maximum absolute atomic E-state index is 12.7. The van der Waals surface area contributed by atoms with Crippen LogP contribution in [0, 0.1) is 0 Å². The second kappa shape index (κ2) is 5.88. The minimum Gasteiger partial charge on any atom is -0.349 e. The lowest BCUT2D eigenvalue weighted by Gasteiger charge is -2.14. The molecule has 5 heteroatoms. The Morgan fingerprint density at radius 3 is 2.95 bits per heavy atom. The van der Waals surface area contributed by atoms with Crippen LogP contribution in [0.1, 0.15) is 42.6 Å². The Kier molecular flexibility index (Phi) is 4.08. The van der Waals surface area contributed by atoms with E-state index in [9.17, 15) is 9.59 Å². The van der Waals surface area contributed by atoms with Gasteiger partial charge in [-0.05, 0) is 37.5 Å². The third kappa shape index (κ3) is 2.58. The van der Waals surface area contributed by atoms with Crippen LogP contribution >= 0.6 is 15.9 Å². The number of hydrogen-bond donors (Lipinski definition) is 1. The van der Waals surface area contributed by atoms with Gasteiger partial charge in [0.1, 0.15) is 5.56 Å². The molecule has 1 aromatic carbocycles. The summed E-state index contributed by atoms with van der Waals surface area (Å²) < 4.78 is 2.91. The van der Waals surface area contributed by atoms with Gasteiger partial charge >= 0.3 is 0 Å². The minimum absolute atomic E-state index is 0.0734. The van der Waals surface area contributed by atoms with Crippen LogP contribution in [-0.2, 0) is 13.0 Å². The van der Waals surface area contributed by atoms with Gasteiger partial charge in [-0.1, -0.05) is 29.3 Å². The Hall–Kier alpha value is -1.62. The molecule has 0 unspecified atom stereocenters. The molecule has 4 nitrogen and oxygen atoms in total. The summed E-state index contributed by atoms with van der Waals surface area (Å²) in [5.41, 5.74) is 2.18. The van der Waals surface area contributed by atoms with E-state index in [2.05, 4.69) is 28.2 Å². The molecule has 1 aromatic heterocycles. The van der Waals surface area contributed by atoms with Crippen molar-refractivity contribution in [1.29, 1.82) is 0 Å². The van der Waals surface area contributed by atoms with Crippen LogP contribution in [0.3, 0.4) is 0 Å². The third-order valence-corrected chi connectivity index (χ3v) is 4.64.